The Kier molecular flexibility index (Phi) is 6.38. The van der Waals surface area contributed by atoms with Crippen LogP contribution in [0.5, 0.6) is 0 Å². The quantitative estimate of drug-likeness (QED) is 0.524. The van der Waals surface area contributed by atoms with Crippen molar-refractivity contribution in [2.45, 2.75) is 44.1 Å². The van der Waals surface area contributed by atoms with Crippen molar-refractivity contribution in [1.82, 2.24) is 14.7 Å². The fraction of sp³-hybridized carbons (Fsp3) is 0.370. The van der Waals surface area contributed by atoms with Crippen molar-refractivity contribution >= 4 is 11.9 Å². The molecule has 8 heteroatoms. The molecular weight excluding hydrogens is 449 g/mol. The number of carboxylic acids is 1. The van der Waals surface area contributed by atoms with E-state index < -0.39 is 11.8 Å². The minimum atomic E-state index is -1.00. The third-order valence-electron chi connectivity index (χ3n) is 6.88. The zero-order valence-corrected chi connectivity index (χ0v) is 19.6. The van der Waals surface area contributed by atoms with Crippen LogP contribution in [0.2, 0.25) is 0 Å². The van der Waals surface area contributed by atoms with E-state index in [4.69, 9.17) is 4.74 Å². The van der Waals surface area contributed by atoms with Gasteiger partial charge in [0.1, 0.15) is 11.4 Å². The molecule has 1 saturated heterocycles. The molecule has 2 aliphatic rings. The third-order valence-corrected chi connectivity index (χ3v) is 6.88. The van der Waals surface area contributed by atoms with Crippen molar-refractivity contribution in [2.24, 2.45) is 0 Å². The normalized spacial score (nSPS) is 18.0. The monoisotopic (exact) mass is 477 g/mol. The maximum absolute atomic E-state index is 15.8. The van der Waals surface area contributed by atoms with Crippen molar-refractivity contribution < 1.29 is 23.8 Å². The largest absolute Gasteiger partial charge is 0.478 e. The molecule has 2 aromatic carbocycles. The zero-order chi connectivity index (χ0) is 24.5. The van der Waals surface area contributed by atoms with Gasteiger partial charge in [-0.05, 0) is 55.9 Å². The highest BCUT2D eigenvalue weighted by atomic mass is 19.1. The summed E-state index contributed by atoms with van der Waals surface area (Å²) in [6.07, 6.45) is 5.97. The predicted molar refractivity (Wildman–Crippen MR) is 128 cm³/mol. The molecule has 182 valence electrons. The maximum atomic E-state index is 15.8. The van der Waals surface area contributed by atoms with Gasteiger partial charge in [0.2, 0.25) is 0 Å². The number of hydrogen-bond acceptors (Lipinski definition) is 4. The molecule has 2 fully saturated rings. The van der Waals surface area contributed by atoms with E-state index in [1.165, 1.54) is 12.3 Å². The first kappa shape index (κ1) is 23.2. The lowest BCUT2D eigenvalue weighted by atomic mass is 9.98. The van der Waals surface area contributed by atoms with E-state index in [1.807, 2.05) is 6.07 Å². The lowest BCUT2D eigenvalue weighted by Crippen LogP contribution is -2.46. The Labute approximate surface area is 203 Å². The van der Waals surface area contributed by atoms with Crippen LogP contribution in [0.3, 0.4) is 0 Å². The molecular formula is C27H28FN3O4. The molecule has 1 unspecified atom stereocenters. The number of carboxylic acid groups (broad SMARTS) is 1. The van der Waals surface area contributed by atoms with Gasteiger partial charge in [0.25, 0.3) is 5.91 Å². The average Bonchev–Trinajstić information content (AvgIpc) is 3.61. The summed E-state index contributed by atoms with van der Waals surface area (Å²) >= 11 is 0. The second-order valence-corrected chi connectivity index (χ2v) is 9.26. The van der Waals surface area contributed by atoms with Gasteiger partial charge in [-0.1, -0.05) is 24.3 Å². The SMILES string of the molecule is COCC1CCCCN1C(=O)c1cccc(-c2cccc(-n3ncc(C(=O)O)c3C3CC3)c2)c1F. The summed E-state index contributed by atoms with van der Waals surface area (Å²) < 4.78 is 22.7. The van der Waals surface area contributed by atoms with Crippen LogP contribution >= 0.6 is 0 Å². The Hall–Kier alpha value is -3.52. The fourth-order valence-electron chi connectivity index (χ4n) is 4.99. The Morgan fingerprint density at radius 1 is 1.11 bits per heavy atom. The van der Waals surface area contributed by atoms with Crippen LogP contribution in [0.25, 0.3) is 16.8 Å². The van der Waals surface area contributed by atoms with Gasteiger partial charge < -0.3 is 14.7 Å². The summed E-state index contributed by atoms with van der Waals surface area (Å²) in [5.74, 6) is -1.73. The molecule has 5 rings (SSSR count). The molecule has 1 N–H and O–H groups in total. The molecule has 0 radical (unpaired) electrons. The Morgan fingerprint density at radius 3 is 2.66 bits per heavy atom. The number of aromatic carboxylic acids is 1. The van der Waals surface area contributed by atoms with Gasteiger partial charge in [-0.15, -0.1) is 0 Å². The number of ether oxygens (including phenoxy) is 1. The number of halogens is 1. The molecule has 0 bridgehead atoms. The molecule has 1 saturated carbocycles. The molecule has 1 aliphatic heterocycles. The van der Waals surface area contributed by atoms with Gasteiger partial charge in [-0.3, -0.25) is 4.79 Å². The number of methoxy groups -OCH3 is 1. The number of rotatable bonds is 7. The van der Waals surface area contributed by atoms with Crippen LogP contribution < -0.4 is 0 Å². The lowest BCUT2D eigenvalue weighted by molar-refractivity contribution is 0.0424. The standard InChI is InChI=1S/C27H28FN3O4/c1-35-16-20-7-2-3-13-30(20)26(32)22-10-5-9-21(24(22)28)18-6-4-8-19(14-18)31-25(17-11-12-17)23(15-29-31)27(33)34/h4-6,8-10,14-15,17,20H,2-3,7,11-13,16H2,1H3,(H,33,34). The van der Waals surface area contributed by atoms with Crippen molar-refractivity contribution in [1.29, 1.82) is 0 Å². The first-order valence-electron chi connectivity index (χ1n) is 12.0. The van der Waals surface area contributed by atoms with Crippen LogP contribution in [0, 0.1) is 5.82 Å². The number of carbonyl (C=O) groups is 2. The molecule has 1 aliphatic carbocycles. The van der Waals surface area contributed by atoms with Crippen LogP contribution in [-0.4, -0.2) is 58.0 Å². The molecule has 2 heterocycles. The second-order valence-electron chi connectivity index (χ2n) is 9.26. The van der Waals surface area contributed by atoms with E-state index in [1.54, 1.807) is 47.0 Å². The van der Waals surface area contributed by atoms with Crippen LogP contribution in [-0.2, 0) is 4.74 Å². The Morgan fingerprint density at radius 2 is 1.91 bits per heavy atom. The highest BCUT2D eigenvalue weighted by molar-refractivity contribution is 5.96. The smallest absolute Gasteiger partial charge is 0.339 e. The average molecular weight is 478 g/mol. The predicted octanol–water partition coefficient (Wildman–Crippen LogP) is 4.90. The molecule has 1 amide bonds. The molecule has 1 aromatic heterocycles. The number of piperidine rings is 1. The van der Waals surface area contributed by atoms with Gasteiger partial charge in [-0.25, -0.2) is 13.9 Å². The maximum Gasteiger partial charge on any atom is 0.339 e. The van der Waals surface area contributed by atoms with E-state index >= 15 is 4.39 Å². The lowest BCUT2D eigenvalue weighted by Gasteiger charge is -2.35. The number of likely N-dealkylation sites (tertiary alicyclic amines) is 1. The topological polar surface area (TPSA) is 84.7 Å². The molecule has 1 atom stereocenters. The zero-order valence-electron chi connectivity index (χ0n) is 19.6. The molecule has 35 heavy (non-hydrogen) atoms. The number of amides is 1. The van der Waals surface area contributed by atoms with E-state index in [-0.39, 0.29) is 29.0 Å². The van der Waals surface area contributed by atoms with Gasteiger partial charge in [-0.2, -0.15) is 5.10 Å². The van der Waals surface area contributed by atoms with Gasteiger partial charge >= 0.3 is 5.97 Å². The first-order chi connectivity index (χ1) is 17.0. The van der Waals surface area contributed by atoms with E-state index in [0.29, 0.717) is 35.7 Å². The molecule has 0 spiro atoms. The summed E-state index contributed by atoms with van der Waals surface area (Å²) in [6.45, 7) is 1.02. The highest BCUT2D eigenvalue weighted by Crippen LogP contribution is 2.42. The molecule has 3 aromatic rings. The number of hydrogen-bond donors (Lipinski definition) is 1. The van der Waals surface area contributed by atoms with Gasteiger partial charge in [0.15, 0.2) is 0 Å². The first-order valence-corrected chi connectivity index (χ1v) is 12.0. The summed E-state index contributed by atoms with van der Waals surface area (Å²) in [6, 6.07) is 12.0. The molecule has 7 nitrogen and oxygen atoms in total. The van der Waals surface area contributed by atoms with Crippen molar-refractivity contribution in [3.8, 4) is 16.8 Å². The van der Waals surface area contributed by atoms with Crippen molar-refractivity contribution in [3.63, 3.8) is 0 Å². The van der Waals surface area contributed by atoms with Crippen LogP contribution in [0.1, 0.15) is 64.4 Å². The Balaban J connectivity index is 1.50. The van der Waals surface area contributed by atoms with E-state index in [9.17, 15) is 14.7 Å². The number of carbonyl (C=O) groups excluding carboxylic acids is 1. The van der Waals surface area contributed by atoms with Crippen LogP contribution in [0.4, 0.5) is 4.39 Å². The van der Waals surface area contributed by atoms with E-state index in [2.05, 4.69) is 5.10 Å². The summed E-state index contributed by atoms with van der Waals surface area (Å²) in [5.41, 5.74) is 2.48. The third kappa shape index (κ3) is 4.46. The number of nitrogens with zero attached hydrogens (tertiary/aromatic N) is 3. The van der Waals surface area contributed by atoms with Crippen LogP contribution in [0.15, 0.2) is 48.7 Å². The van der Waals surface area contributed by atoms with Gasteiger partial charge in [0.05, 0.1) is 35.8 Å². The summed E-state index contributed by atoms with van der Waals surface area (Å²) in [4.78, 5) is 26.7. The minimum Gasteiger partial charge on any atom is -0.478 e. The van der Waals surface area contributed by atoms with E-state index in [0.717, 1.165) is 32.1 Å². The number of aromatic nitrogens is 2. The van der Waals surface area contributed by atoms with Crippen molar-refractivity contribution in [3.05, 3.63) is 71.3 Å². The minimum absolute atomic E-state index is 0.0434. The number of benzene rings is 2. The summed E-state index contributed by atoms with van der Waals surface area (Å²) in [7, 11) is 1.61. The second kappa shape index (κ2) is 9.62. The van der Waals surface area contributed by atoms with Gasteiger partial charge in [0, 0.05) is 25.1 Å². The Bertz CT molecular complexity index is 1270. The summed E-state index contributed by atoms with van der Waals surface area (Å²) in [5, 5.41) is 13.9. The highest BCUT2D eigenvalue weighted by Gasteiger charge is 2.33. The fourth-order valence-corrected chi connectivity index (χ4v) is 4.99. The van der Waals surface area contributed by atoms with Crippen molar-refractivity contribution in [2.75, 3.05) is 20.3 Å².